The van der Waals surface area contributed by atoms with Crippen LogP contribution in [0.1, 0.15) is 24.2 Å². The Morgan fingerprint density at radius 1 is 1.04 bits per heavy atom. The smallest absolute Gasteiger partial charge is 0.262 e. The van der Waals surface area contributed by atoms with Crippen molar-refractivity contribution >= 4 is 28.3 Å². The molecule has 1 heterocycles. The molecule has 0 saturated carbocycles. The van der Waals surface area contributed by atoms with Crippen molar-refractivity contribution in [2.24, 2.45) is 0 Å². The fourth-order valence-electron chi connectivity index (χ4n) is 2.61. The molecule has 0 radical (unpaired) electrons. The van der Waals surface area contributed by atoms with E-state index >= 15 is 0 Å². The van der Waals surface area contributed by atoms with Gasteiger partial charge in [0.25, 0.3) is 11.5 Å². The molecule has 122 valence electrons. The number of carbonyl (C=O) groups is 1. The normalized spacial score (nSPS) is 11.0. The summed E-state index contributed by atoms with van der Waals surface area (Å²) in [5.74, 6) is -0.205. The summed E-state index contributed by atoms with van der Waals surface area (Å²) < 4.78 is 1.48. The number of carbonyl (C=O) groups excluding carboxylic acids is 1. The number of halogens is 1. The highest BCUT2D eigenvalue weighted by molar-refractivity contribution is 6.30. The third-order valence-electron chi connectivity index (χ3n) is 3.69. The fourth-order valence-corrected chi connectivity index (χ4v) is 2.73. The van der Waals surface area contributed by atoms with E-state index in [2.05, 4.69) is 5.32 Å². The predicted molar refractivity (Wildman–Crippen MR) is 97.2 cm³/mol. The lowest BCUT2D eigenvalue weighted by Gasteiger charge is -2.14. The van der Waals surface area contributed by atoms with E-state index in [0.29, 0.717) is 27.0 Å². The lowest BCUT2D eigenvalue weighted by atomic mass is 10.1. The quantitative estimate of drug-likeness (QED) is 0.788. The Bertz CT molecular complexity index is 959. The molecule has 4 nitrogen and oxygen atoms in total. The molecule has 0 aliphatic rings. The molecule has 0 saturated heterocycles. The van der Waals surface area contributed by atoms with Crippen molar-refractivity contribution in [1.82, 2.24) is 9.88 Å². The first-order valence-corrected chi connectivity index (χ1v) is 8.06. The van der Waals surface area contributed by atoms with Crippen molar-refractivity contribution in [3.05, 3.63) is 75.7 Å². The summed E-state index contributed by atoms with van der Waals surface area (Å²) >= 11 is 5.92. The van der Waals surface area contributed by atoms with Crippen LogP contribution in [-0.4, -0.2) is 16.5 Å². The van der Waals surface area contributed by atoms with Gasteiger partial charge in [0.05, 0.1) is 5.56 Å². The highest BCUT2D eigenvalue weighted by Gasteiger charge is 2.16. The number of fused-ring (bicyclic) bond motifs is 1. The zero-order chi connectivity index (χ0) is 17.3. The van der Waals surface area contributed by atoms with Gasteiger partial charge in [0, 0.05) is 33.7 Å². The number of rotatable bonds is 3. The number of aromatic nitrogens is 1. The Labute approximate surface area is 144 Å². The SMILES string of the molecule is CC(C)NC(=O)c1cn(-c2ccc(Cl)cc2)c(=O)c2ccccc12. The number of nitrogens with zero attached hydrogens (tertiary/aromatic N) is 1. The van der Waals surface area contributed by atoms with E-state index in [1.807, 2.05) is 19.9 Å². The van der Waals surface area contributed by atoms with Crippen molar-refractivity contribution in [2.45, 2.75) is 19.9 Å². The zero-order valence-electron chi connectivity index (χ0n) is 13.4. The molecule has 0 bridgehead atoms. The maximum atomic E-state index is 12.8. The first-order chi connectivity index (χ1) is 11.5. The maximum Gasteiger partial charge on any atom is 0.262 e. The van der Waals surface area contributed by atoms with Crippen molar-refractivity contribution < 1.29 is 4.79 Å². The number of amides is 1. The Morgan fingerprint density at radius 2 is 1.67 bits per heavy atom. The Kier molecular flexibility index (Phi) is 4.40. The fraction of sp³-hybridized carbons (Fsp3) is 0.158. The van der Waals surface area contributed by atoms with Crippen LogP contribution in [-0.2, 0) is 0 Å². The molecule has 0 atom stereocenters. The molecule has 1 aromatic heterocycles. The summed E-state index contributed by atoms with van der Waals surface area (Å²) in [5, 5.41) is 4.62. The second-order valence-electron chi connectivity index (χ2n) is 5.87. The van der Waals surface area contributed by atoms with Crippen molar-refractivity contribution in [1.29, 1.82) is 0 Å². The molecule has 0 aliphatic carbocycles. The van der Waals surface area contributed by atoms with Crippen LogP contribution in [0.25, 0.3) is 16.5 Å². The lowest BCUT2D eigenvalue weighted by molar-refractivity contribution is 0.0944. The average Bonchev–Trinajstić information content (AvgIpc) is 2.56. The minimum absolute atomic E-state index is 0.00664. The van der Waals surface area contributed by atoms with Gasteiger partial charge in [0.15, 0.2) is 0 Å². The molecule has 1 amide bonds. The summed E-state index contributed by atoms with van der Waals surface area (Å²) in [7, 11) is 0. The molecule has 0 aliphatic heterocycles. The van der Waals surface area contributed by atoms with Gasteiger partial charge in [-0.2, -0.15) is 0 Å². The minimum atomic E-state index is -0.205. The Morgan fingerprint density at radius 3 is 2.29 bits per heavy atom. The highest BCUT2D eigenvalue weighted by Crippen LogP contribution is 2.19. The molecule has 3 aromatic rings. The third kappa shape index (κ3) is 3.05. The van der Waals surface area contributed by atoms with Crippen LogP contribution in [0.2, 0.25) is 5.02 Å². The van der Waals surface area contributed by atoms with Crippen LogP contribution in [0.15, 0.2) is 59.5 Å². The number of benzene rings is 2. The number of hydrogen-bond donors (Lipinski definition) is 1. The summed E-state index contributed by atoms with van der Waals surface area (Å²) in [5.41, 5.74) is 0.955. The van der Waals surface area contributed by atoms with E-state index in [1.165, 1.54) is 4.57 Å². The first-order valence-electron chi connectivity index (χ1n) is 7.68. The van der Waals surface area contributed by atoms with Crippen molar-refractivity contribution in [2.75, 3.05) is 0 Å². The third-order valence-corrected chi connectivity index (χ3v) is 3.95. The molecule has 2 aromatic carbocycles. The van der Waals surface area contributed by atoms with E-state index in [-0.39, 0.29) is 17.5 Å². The molecule has 0 spiro atoms. The molecule has 5 heteroatoms. The first kappa shape index (κ1) is 16.3. The van der Waals surface area contributed by atoms with Gasteiger partial charge < -0.3 is 5.32 Å². The van der Waals surface area contributed by atoms with E-state index in [9.17, 15) is 9.59 Å². The molecule has 24 heavy (non-hydrogen) atoms. The van der Waals surface area contributed by atoms with Crippen LogP contribution in [0.3, 0.4) is 0 Å². The largest absolute Gasteiger partial charge is 0.350 e. The van der Waals surface area contributed by atoms with Gasteiger partial charge in [-0.3, -0.25) is 14.2 Å². The van der Waals surface area contributed by atoms with Gasteiger partial charge in [-0.1, -0.05) is 29.8 Å². The van der Waals surface area contributed by atoms with E-state index < -0.39 is 0 Å². The monoisotopic (exact) mass is 340 g/mol. The molecular formula is C19H17ClN2O2. The van der Waals surface area contributed by atoms with Crippen molar-refractivity contribution in [3.8, 4) is 5.69 Å². The van der Waals surface area contributed by atoms with Gasteiger partial charge in [-0.05, 0) is 44.2 Å². The van der Waals surface area contributed by atoms with Gasteiger partial charge in [-0.15, -0.1) is 0 Å². The minimum Gasteiger partial charge on any atom is -0.350 e. The van der Waals surface area contributed by atoms with Crippen LogP contribution in [0.5, 0.6) is 0 Å². The van der Waals surface area contributed by atoms with E-state index in [1.54, 1.807) is 48.7 Å². The average molecular weight is 341 g/mol. The Hall–Kier alpha value is -2.59. The number of hydrogen-bond acceptors (Lipinski definition) is 2. The lowest BCUT2D eigenvalue weighted by Crippen LogP contribution is -2.32. The molecular weight excluding hydrogens is 324 g/mol. The van der Waals surface area contributed by atoms with E-state index in [4.69, 9.17) is 11.6 Å². The molecule has 0 fully saturated rings. The summed E-state index contributed by atoms with van der Waals surface area (Å²) in [4.78, 5) is 25.4. The molecule has 3 rings (SSSR count). The van der Waals surface area contributed by atoms with Gasteiger partial charge >= 0.3 is 0 Å². The van der Waals surface area contributed by atoms with Gasteiger partial charge in [-0.25, -0.2) is 0 Å². The second-order valence-corrected chi connectivity index (χ2v) is 6.30. The summed E-state index contributed by atoms with van der Waals surface area (Å²) in [6.45, 7) is 3.80. The van der Waals surface area contributed by atoms with Crippen LogP contribution >= 0.6 is 11.6 Å². The summed E-state index contributed by atoms with van der Waals surface area (Å²) in [6.07, 6.45) is 1.59. The number of pyridine rings is 1. The standard InChI is InChI=1S/C19H17ClN2O2/c1-12(2)21-18(23)17-11-22(14-9-7-13(20)8-10-14)19(24)16-6-4-3-5-15(16)17/h3-12H,1-2H3,(H,21,23). The van der Waals surface area contributed by atoms with Crippen molar-refractivity contribution in [3.63, 3.8) is 0 Å². The molecule has 0 unspecified atom stereocenters. The van der Waals surface area contributed by atoms with Crippen LogP contribution in [0, 0.1) is 0 Å². The number of nitrogens with one attached hydrogen (secondary N) is 1. The van der Waals surface area contributed by atoms with E-state index in [0.717, 1.165) is 0 Å². The highest BCUT2D eigenvalue weighted by atomic mass is 35.5. The van der Waals surface area contributed by atoms with Crippen LogP contribution in [0.4, 0.5) is 0 Å². The zero-order valence-corrected chi connectivity index (χ0v) is 14.2. The summed E-state index contributed by atoms with van der Waals surface area (Å²) in [6, 6.07) is 14.1. The van der Waals surface area contributed by atoms with Gasteiger partial charge in [0.1, 0.15) is 0 Å². The maximum absolute atomic E-state index is 12.8. The second kappa shape index (κ2) is 6.49. The topological polar surface area (TPSA) is 51.1 Å². The van der Waals surface area contributed by atoms with Gasteiger partial charge in [0.2, 0.25) is 0 Å². The Balaban J connectivity index is 2.27. The van der Waals surface area contributed by atoms with Crippen LogP contribution < -0.4 is 10.9 Å². The molecule has 1 N–H and O–H groups in total. The predicted octanol–water partition coefficient (Wildman–Crippen LogP) is 3.78.